The Morgan fingerprint density at radius 2 is 1.94 bits per heavy atom. The Balaban J connectivity index is 2.96. The largest absolute Gasteiger partial charge is 0.481 e. The van der Waals surface area contributed by atoms with Crippen LogP contribution in [-0.2, 0) is 4.79 Å². The third-order valence-corrected chi connectivity index (χ3v) is 4.48. The van der Waals surface area contributed by atoms with E-state index in [-0.39, 0.29) is 6.42 Å². The maximum atomic E-state index is 10.6. The van der Waals surface area contributed by atoms with Crippen molar-refractivity contribution in [3.05, 3.63) is 12.3 Å². The molecule has 1 rings (SSSR count). The second kappa shape index (κ2) is 4.09. The highest BCUT2D eigenvalue weighted by molar-refractivity contribution is 6.18. The molecule has 0 amide bonds. The second-order valence-electron chi connectivity index (χ2n) is 4.67. The van der Waals surface area contributed by atoms with E-state index in [4.69, 9.17) is 28.7 Å². The van der Waals surface area contributed by atoms with Gasteiger partial charge in [0.2, 0.25) is 0 Å². The first-order valence-corrected chi connectivity index (χ1v) is 5.65. The molecule has 0 aliphatic carbocycles. The van der Waals surface area contributed by atoms with Gasteiger partial charge in [0.25, 0.3) is 0 Å². The van der Waals surface area contributed by atoms with Crippen LogP contribution in [0.4, 0.5) is 0 Å². The molecule has 92 valence electrons. The van der Waals surface area contributed by atoms with Crippen LogP contribution in [0.15, 0.2) is 12.3 Å². The smallest absolute Gasteiger partial charge is 0.303 e. The first kappa shape index (κ1) is 13.6. The molecule has 6 heteroatoms. The van der Waals surface area contributed by atoms with Crippen molar-refractivity contribution < 1.29 is 9.90 Å². The molecule has 0 aromatic rings. The Morgan fingerprint density at radius 1 is 1.44 bits per heavy atom. The molecule has 0 bridgehead atoms. The molecule has 1 atom stereocenters. The zero-order valence-electron chi connectivity index (χ0n) is 9.63. The van der Waals surface area contributed by atoms with E-state index in [1.165, 1.54) is 8.84 Å². The molecule has 1 unspecified atom stereocenters. The van der Waals surface area contributed by atoms with Gasteiger partial charge < -0.3 is 5.11 Å². The van der Waals surface area contributed by atoms with Crippen molar-refractivity contribution in [3.8, 4) is 0 Å². The number of halogens is 2. The lowest BCUT2D eigenvalue weighted by Crippen LogP contribution is -2.45. The Kier molecular flexibility index (Phi) is 3.48. The first-order chi connectivity index (χ1) is 7.14. The van der Waals surface area contributed by atoms with Crippen LogP contribution in [0, 0.1) is 0 Å². The minimum Gasteiger partial charge on any atom is -0.481 e. The highest BCUT2D eigenvalue weighted by Crippen LogP contribution is 2.48. The average molecular weight is 267 g/mol. The van der Waals surface area contributed by atoms with Crippen molar-refractivity contribution in [3.63, 3.8) is 0 Å². The Labute approximate surface area is 106 Å². The maximum absolute atomic E-state index is 10.6. The van der Waals surface area contributed by atoms with E-state index in [1.54, 1.807) is 0 Å². The van der Waals surface area contributed by atoms with Crippen LogP contribution in [0.5, 0.6) is 0 Å². The summed E-state index contributed by atoms with van der Waals surface area (Å²) in [6.07, 6.45) is 0.400. The standard InChI is InChI=1S/C10H16Cl2N2O2/c1-7-10(4,6-5-8(15)16)14(12)9(2,3)13(7)11/h1,5-6H2,2-4H3,(H,15,16). The summed E-state index contributed by atoms with van der Waals surface area (Å²) in [6, 6.07) is 0. The summed E-state index contributed by atoms with van der Waals surface area (Å²) in [6.45, 7) is 9.43. The number of rotatable bonds is 3. The fourth-order valence-corrected chi connectivity index (χ4v) is 2.48. The van der Waals surface area contributed by atoms with E-state index < -0.39 is 17.2 Å². The van der Waals surface area contributed by atoms with Gasteiger partial charge in [0, 0.05) is 23.9 Å². The minimum absolute atomic E-state index is 0.0273. The second-order valence-corrected chi connectivity index (χ2v) is 5.35. The molecule has 1 saturated heterocycles. The summed E-state index contributed by atoms with van der Waals surface area (Å²) in [5, 5.41) is 8.72. The fourth-order valence-electron chi connectivity index (χ4n) is 1.93. The van der Waals surface area contributed by atoms with Crippen molar-refractivity contribution in [1.82, 2.24) is 8.84 Å². The van der Waals surface area contributed by atoms with Crippen LogP contribution >= 0.6 is 23.6 Å². The molecule has 1 heterocycles. The molecule has 16 heavy (non-hydrogen) atoms. The summed E-state index contributed by atoms with van der Waals surface area (Å²) < 4.78 is 3.00. The van der Waals surface area contributed by atoms with E-state index in [0.29, 0.717) is 12.1 Å². The molecule has 1 fully saturated rings. The predicted octanol–water partition coefficient (Wildman–Crippen LogP) is 2.78. The Morgan fingerprint density at radius 3 is 2.25 bits per heavy atom. The van der Waals surface area contributed by atoms with Crippen LogP contribution in [0.3, 0.4) is 0 Å². The Hall–Kier alpha value is -0.450. The number of aliphatic carboxylic acids is 1. The van der Waals surface area contributed by atoms with Gasteiger partial charge in [-0.05, 0) is 39.0 Å². The fraction of sp³-hybridized carbons (Fsp3) is 0.700. The van der Waals surface area contributed by atoms with Gasteiger partial charge in [-0.15, -0.1) is 0 Å². The summed E-state index contributed by atoms with van der Waals surface area (Å²) in [5.74, 6) is -0.857. The molecule has 0 aromatic carbocycles. The van der Waals surface area contributed by atoms with Crippen LogP contribution in [-0.4, -0.2) is 31.1 Å². The monoisotopic (exact) mass is 266 g/mol. The van der Waals surface area contributed by atoms with E-state index in [1.807, 2.05) is 20.8 Å². The number of carbonyl (C=O) groups is 1. The zero-order chi connectivity index (χ0) is 12.7. The van der Waals surface area contributed by atoms with Gasteiger partial charge in [0.05, 0.1) is 5.54 Å². The van der Waals surface area contributed by atoms with E-state index >= 15 is 0 Å². The summed E-state index contributed by atoms with van der Waals surface area (Å²) in [5.41, 5.74) is -0.603. The SMILES string of the molecule is C=C1N(Cl)C(C)(C)N(Cl)C1(C)CCC(=O)O. The van der Waals surface area contributed by atoms with Gasteiger partial charge in [0.1, 0.15) is 5.66 Å². The van der Waals surface area contributed by atoms with Crippen molar-refractivity contribution in [1.29, 1.82) is 0 Å². The zero-order valence-corrected chi connectivity index (χ0v) is 11.1. The molecule has 0 saturated carbocycles. The van der Waals surface area contributed by atoms with Crippen LogP contribution in [0.2, 0.25) is 0 Å². The normalized spacial score (nSPS) is 29.8. The van der Waals surface area contributed by atoms with Gasteiger partial charge >= 0.3 is 5.97 Å². The molecule has 1 aliphatic rings. The number of carboxylic acids is 1. The first-order valence-electron chi connectivity index (χ1n) is 4.97. The molecular weight excluding hydrogens is 251 g/mol. The van der Waals surface area contributed by atoms with Crippen molar-refractivity contribution in [2.45, 2.75) is 44.8 Å². The molecule has 0 spiro atoms. The summed E-state index contributed by atoms with van der Waals surface area (Å²) in [7, 11) is 0. The van der Waals surface area contributed by atoms with Gasteiger partial charge in [-0.3, -0.25) is 9.21 Å². The van der Waals surface area contributed by atoms with Gasteiger partial charge in [-0.2, -0.15) is 4.42 Å². The van der Waals surface area contributed by atoms with Crippen molar-refractivity contribution in [2.75, 3.05) is 0 Å². The van der Waals surface area contributed by atoms with Crippen LogP contribution in [0.1, 0.15) is 33.6 Å². The lowest BCUT2D eigenvalue weighted by molar-refractivity contribution is -0.137. The lowest BCUT2D eigenvalue weighted by atomic mass is 9.94. The number of hydrogen-bond acceptors (Lipinski definition) is 3. The van der Waals surface area contributed by atoms with Crippen LogP contribution in [0.25, 0.3) is 0 Å². The quantitative estimate of drug-likeness (QED) is 0.798. The van der Waals surface area contributed by atoms with Gasteiger partial charge in [-0.1, -0.05) is 6.58 Å². The van der Waals surface area contributed by atoms with E-state index in [2.05, 4.69) is 6.58 Å². The Bertz CT molecular complexity index is 333. The minimum atomic E-state index is -0.857. The van der Waals surface area contributed by atoms with Crippen molar-refractivity contribution >= 4 is 29.5 Å². The number of carboxylic acid groups (broad SMARTS) is 1. The van der Waals surface area contributed by atoms with Gasteiger partial charge in [0.15, 0.2) is 0 Å². The summed E-state index contributed by atoms with van der Waals surface area (Å²) >= 11 is 12.3. The lowest BCUT2D eigenvalue weighted by Gasteiger charge is -2.34. The molecule has 4 nitrogen and oxygen atoms in total. The third kappa shape index (κ3) is 1.90. The molecule has 0 radical (unpaired) electrons. The topological polar surface area (TPSA) is 43.8 Å². The predicted molar refractivity (Wildman–Crippen MR) is 63.9 cm³/mol. The molecule has 1 N–H and O–H groups in total. The summed E-state index contributed by atoms with van der Waals surface area (Å²) in [4.78, 5) is 10.6. The maximum Gasteiger partial charge on any atom is 0.303 e. The number of nitrogens with zero attached hydrogens (tertiary/aromatic N) is 2. The van der Waals surface area contributed by atoms with Crippen molar-refractivity contribution in [2.24, 2.45) is 0 Å². The molecule has 1 aliphatic heterocycles. The van der Waals surface area contributed by atoms with Gasteiger partial charge in [-0.25, -0.2) is 0 Å². The highest BCUT2D eigenvalue weighted by Gasteiger charge is 2.54. The van der Waals surface area contributed by atoms with E-state index in [9.17, 15) is 4.79 Å². The van der Waals surface area contributed by atoms with E-state index in [0.717, 1.165) is 0 Å². The van der Waals surface area contributed by atoms with Crippen LogP contribution < -0.4 is 0 Å². The molecular formula is C10H16Cl2N2O2. The molecule has 0 aromatic heterocycles. The highest BCUT2D eigenvalue weighted by atomic mass is 35.5. The third-order valence-electron chi connectivity index (χ3n) is 3.08. The number of hydrogen-bond donors (Lipinski definition) is 1. The average Bonchev–Trinajstić information content (AvgIpc) is 2.31.